The minimum absolute atomic E-state index is 0.0468. The van der Waals surface area contributed by atoms with Crippen LogP contribution in [0.15, 0.2) is 32.0 Å². The van der Waals surface area contributed by atoms with E-state index in [1.54, 1.807) is 17.6 Å². The van der Waals surface area contributed by atoms with Gasteiger partial charge in [0.15, 0.2) is 5.82 Å². The first-order chi connectivity index (χ1) is 11.7. The number of nitrogens with zero attached hydrogens (tertiary/aromatic N) is 3. The number of nitrogens with one attached hydrogen (secondary N) is 1. The molecule has 1 atom stereocenters. The van der Waals surface area contributed by atoms with Crippen molar-refractivity contribution in [2.24, 2.45) is 0 Å². The van der Waals surface area contributed by atoms with E-state index in [1.807, 2.05) is 20.8 Å². The van der Waals surface area contributed by atoms with Crippen molar-refractivity contribution in [1.29, 1.82) is 0 Å². The lowest BCUT2D eigenvalue weighted by Crippen LogP contribution is -2.29. The van der Waals surface area contributed by atoms with Crippen molar-refractivity contribution in [1.82, 2.24) is 19.5 Å². The van der Waals surface area contributed by atoms with Crippen LogP contribution in [0.2, 0.25) is 0 Å². The maximum Gasteiger partial charge on any atom is 0.317 e. The second-order valence-corrected chi connectivity index (χ2v) is 9.09. The molecule has 10 heteroatoms. The molecule has 1 heterocycles. The predicted octanol–water partition coefficient (Wildman–Crippen LogP) is 3.65. The van der Waals surface area contributed by atoms with Crippen LogP contribution in [0.5, 0.6) is 6.01 Å². The molecule has 0 fully saturated rings. The molecule has 1 aromatic heterocycles. The Hall–Kier alpha value is -0.970. The molecule has 0 aliphatic rings. The second-order valence-electron chi connectivity index (χ2n) is 5.67. The Balaban J connectivity index is 2.27. The van der Waals surface area contributed by atoms with E-state index in [1.165, 1.54) is 12.1 Å². The molecule has 0 aliphatic carbocycles. The van der Waals surface area contributed by atoms with Crippen LogP contribution in [0.1, 0.15) is 39.6 Å². The van der Waals surface area contributed by atoms with E-state index in [9.17, 15) is 8.42 Å². The molecule has 1 aromatic carbocycles. The third kappa shape index (κ3) is 4.81. The van der Waals surface area contributed by atoms with Gasteiger partial charge in [0, 0.05) is 15.5 Å². The quantitative estimate of drug-likeness (QED) is 0.633. The second kappa shape index (κ2) is 8.15. The van der Waals surface area contributed by atoms with Crippen molar-refractivity contribution in [3.8, 4) is 6.01 Å². The van der Waals surface area contributed by atoms with E-state index in [-0.39, 0.29) is 11.0 Å². The fraction of sp³-hybridized carbons (Fsp3) is 0.467. The van der Waals surface area contributed by atoms with Gasteiger partial charge in [0.2, 0.25) is 10.0 Å². The van der Waals surface area contributed by atoms with Crippen molar-refractivity contribution < 1.29 is 13.2 Å². The number of sulfonamides is 1. The Labute approximate surface area is 164 Å². The summed E-state index contributed by atoms with van der Waals surface area (Å²) in [5.74, 6) is 0.498. The molecule has 2 rings (SSSR count). The third-order valence-electron chi connectivity index (χ3n) is 3.32. The van der Waals surface area contributed by atoms with Crippen molar-refractivity contribution in [3.05, 3.63) is 33.0 Å². The lowest BCUT2D eigenvalue weighted by atomic mass is 10.3. The van der Waals surface area contributed by atoms with E-state index >= 15 is 0 Å². The van der Waals surface area contributed by atoms with Crippen molar-refractivity contribution in [2.75, 3.05) is 0 Å². The minimum Gasteiger partial charge on any atom is -0.461 e. The average Bonchev–Trinajstić information content (AvgIpc) is 2.91. The van der Waals surface area contributed by atoms with Gasteiger partial charge in [-0.15, -0.1) is 5.10 Å². The highest BCUT2D eigenvalue weighted by molar-refractivity contribution is 9.13. The summed E-state index contributed by atoms with van der Waals surface area (Å²) >= 11 is 6.64. The minimum atomic E-state index is -3.71. The summed E-state index contributed by atoms with van der Waals surface area (Å²) in [4.78, 5) is 0.163. The molecule has 0 radical (unpaired) electrons. The highest BCUT2D eigenvalue weighted by Gasteiger charge is 2.24. The third-order valence-corrected chi connectivity index (χ3v) is 6.74. The van der Waals surface area contributed by atoms with Gasteiger partial charge in [-0.3, -0.25) is 4.57 Å². The zero-order chi connectivity index (χ0) is 18.8. The monoisotopic (exact) mass is 494 g/mol. The molecule has 0 saturated heterocycles. The smallest absolute Gasteiger partial charge is 0.317 e. The van der Waals surface area contributed by atoms with Gasteiger partial charge in [-0.05, 0) is 77.8 Å². The van der Waals surface area contributed by atoms with Crippen LogP contribution >= 0.6 is 31.9 Å². The predicted molar refractivity (Wildman–Crippen MR) is 102 cm³/mol. The molecule has 0 spiro atoms. The summed E-state index contributed by atoms with van der Waals surface area (Å²) in [6.07, 6.45) is -0.0468. The van der Waals surface area contributed by atoms with Gasteiger partial charge in [0.25, 0.3) is 0 Å². The number of hydrogen-bond acceptors (Lipinski definition) is 5. The number of benzene rings is 1. The average molecular weight is 496 g/mol. The van der Waals surface area contributed by atoms with Crippen molar-refractivity contribution in [3.63, 3.8) is 0 Å². The fourth-order valence-electron chi connectivity index (χ4n) is 2.21. The number of hydrogen-bond donors (Lipinski definition) is 1. The van der Waals surface area contributed by atoms with Gasteiger partial charge in [0.05, 0.1) is 17.0 Å². The zero-order valence-electron chi connectivity index (χ0n) is 14.3. The van der Waals surface area contributed by atoms with Crippen LogP contribution in [0.25, 0.3) is 0 Å². The van der Waals surface area contributed by atoms with Crippen LogP contribution in [0, 0.1) is 0 Å². The molecule has 0 unspecified atom stereocenters. The van der Waals surface area contributed by atoms with Crippen LogP contribution < -0.4 is 9.46 Å². The molecule has 0 bridgehead atoms. The summed E-state index contributed by atoms with van der Waals surface area (Å²) in [5, 5.41) is 8.11. The fourth-order valence-corrected chi connectivity index (χ4v) is 4.22. The van der Waals surface area contributed by atoms with Gasteiger partial charge < -0.3 is 4.74 Å². The van der Waals surface area contributed by atoms with E-state index in [0.29, 0.717) is 22.9 Å². The van der Waals surface area contributed by atoms with Crippen LogP contribution in [-0.2, 0) is 16.6 Å². The number of halogens is 2. The van der Waals surface area contributed by atoms with Gasteiger partial charge in [-0.2, -0.15) is 0 Å². The number of aromatic nitrogens is 3. The first-order valence-corrected chi connectivity index (χ1v) is 10.8. The summed E-state index contributed by atoms with van der Waals surface area (Å²) in [6.45, 7) is 8.01. The molecule has 0 aliphatic heterocycles. The summed E-state index contributed by atoms with van der Waals surface area (Å²) in [5.41, 5.74) is 0. The van der Waals surface area contributed by atoms with Crippen molar-refractivity contribution >= 4 is 41.9 Å². The topological polar surface area (TPSA) is 86.1 Å². The van der Waals surface area contributed by atoms with Crippen LogP contribution in [0.4, 0.5) is 0 Å². The Bertz CT molecular complexity index is 852. The van der Waals surface area contributed by atoms with E-state index in [2.05, 4.69) is 46.8 Å². The maximum absolute atomic E-state index is 12.6. The molecule has 138 valence electrons. The van der Waals surface area contributed by atoms with Gasteiger partial charge in [0.1, 0.15) is 0 Å². The van der Waals surface area contributed by atoms with Crippen LogP contribution in [0.3, 0.4) is 0 Å². The normalized spacial score (nSPS) is 13.2. The Morgan fingerprint density at radius 1 is 1.20 bits per heavy atom. The first kappa shape index (κ1) is 20.3. The number of ether oxygens (including phenoxy) is 1. The van der Waals surface area contributed by atoms with E-state index in [4.69, 9.17) is 4.74 Å². The molecular formula is C15H20Br2N4O3S. The van der Waals surface area contributed by atoms with Crippen LogP contribution in [-0.4, -0.2) is 29.3 Å². The molecule has 7 nitrogen and oxygen atoms in total. The molecule has 1 N–H and O–H groups in total. The molecular weight excluding hydrogens is 476 g/mol. The summed E-state index contributed by atoms with van der Waals surface area (Å²) < 4.78 is 36.7. The van der Waals surface area contributed by atoms with Gasteiger partial charge >= 0.3 is 6.01 Å². The zero-order valence-corrected chi connectivity index (χ0v) is 18.3. The largest absolute Gasteiger partial charge is 0.461 e. The van der Waals surface area contributed by atoms with Gasteiger partial charge in [-0.25, -0.2) is 13.1 Å². The number of rotatable bonds is 7. The lowest BCUT2D eigenvalue weighted by molar-refractivity contribution is 0.211. The standard InChI is InChI=1S/C15H20Br2N4O3S/c1-5-21-14(18-19-15(21)24-9(2)3)10(4)20-25(22,23)11-6-7-12(16)13(17)8-11/h6-10,20H,5H2,1-4H3/t10-/m1/s1. The first-order valence-electron chi connectivity index (χ1n) is 7.72. The van der Waals surface area contributed by atoms with E-state index < -0.39 is 16.1 Å². The SMILES string of the molecule is CCn1c(OC(C)C)nnc1[C@@H](C)NS(=O)(=O)c1ccc(Br)c(Br)c1. The molecule has 0 amide bonds. The lowest BCUT2D eigenvalue weighted by Gasteiger charge is -2.16. The van der Waals surface area contributed by atoms with Crippen molar-refractivity contribution in [2.45, 2.75) is 51.3 Å². The van der Waals surface area contributed by atoms with E-state index in [0.717, 1.165) is 4.47 Å². The highest BCUT2D eigenvalue weighted by atomic mass is 79.9. The Morgan fingerprint density at radius 3 is 2.44 bits per heavy atom. The maximum atomic E-state index is 12.6. The molecule has 0 saturated carbocycles. The molecule has 2 aromatic rings. The van der Waals surface area contributed by atoms with Gasteiger partial charge in [-0.1, -0.05) is 5.10 Å². The highest BCUT2D eigenvalue weighted by Crippen LogP contribution is 2.27. The molecule has 25 heavy (non-hydrogen) atoms. The Kier molecular flexibility index (Phi) is 6.63. The summed E-state index contributed by atoms with van der Waals surface area (Å²) in [7, 11) is -3.71. The Morgan fingerprint density at radius 2 is 1.88 bits per heavy atom. The summed E-state index contributed by atoms with van der Waals surface area (Å²) in [6, 6.07) is 4.56.